The topological polar surface area (TPSA) is 63.3 Å². The van der Waals surface area contributed by atoms with Gasteiger partial charge in [0.25, 0.3) is 0 Å². The second-order valence-electron chi connectivity index (χ2n) is 3.78. The molecule has 0 heterocycles. The molecule has 2 rings (SSSR count). The third-order valence-corrected chi connectivity index (χ3v) is 3.06. The number of aliphatic carboxylic acids is 1. The van der Waals surface area contributed by atoms with Crippen molar-refractivity contribution in [2.45, 2.75) is 11.8 Å². The van der Waals surface area contributed by atoms with E-state index in [1.54, 1.807) is 0 Å². The predicted molar refractivity (Wildman–Crippen MR) is 52.9 cm³/mol. The van der Waals surface area contributed by atoms with Crippen molar-refractivity contribution in [1.82, 2.24) is 0 Å². The van der Waals surface area contributed by atoms with Crippen molar-refractivity contribution in [2.24, 2.45) is 11.7 Å². The van der Waals surface area contributed by atoms with Crippen LogP contribution in [0.4, 0.5) is 0 Å². The van der Waals surface area contributed by atoms with Crippen molar-refractivity contribution in [2.75, 3.05) is 6.54 Å². The Morgan fingerprint density at radius 1 is 1.50 bits per heavy atom. The zero-order valence-corrected chi connectivity index (χ0v) is 7.81. The van der Waals surface area contributed by atoms with Crippen LogP contribution in [0.15, 0.2) is 30.3 Å². The molecule has 1 aromatic rings. The molecule has 2 atom stereocenters. The fourth-order valence-corrected chi connectivity index (χ4v) is 2.09. The van der Waals surface area contributed by atoms with Crippen molar-refractivity contribution in [3.05, 3.63) is 35.9 Å². The molecule has 0 bridgehead atoms. The van der Waals surface area contributed by atoms with Gasteiger partial charge in [-0.25, -0.2) is 0 Å². The first-order valence-corrected chi connectivity index (χ1v) is 4.71. The number of benzene rings is 1. The van der Waals surface area contributed by atoms with Gasteiger partial charge in [-0.1, -0.05) is 30.3 Å². The van der Waals surface area contributed by atoms with E-state index in [-0.39, 0.29) is 5.92 Å². The molecule has 3 heteroatoms. The van der Waals surface area contributed by atoms with Gasteiger partial charge in [-0.15, -0.1) is 0 Å². The van der Waals surface area contributed by atoms with Crippen LogP contribution in [0.1, 0.15) is 12.0 Å². The van der Waals surface area contributed by atoms with E-state index in [9.17, 15) is 9.90 Å². The number of rotatable bonds is 3. The highest BCUT2D eigenvalue weighted by Crippen LogP contribution is 2.53. The molecule has 1 aliphatic carbocycles. The largest absolute Gasteiger partial charge is 0.481 e. The lowest BCUT2D eigenvalue weighted by Crippen LogP contribution is -2.25. The van der Waals surface area contributed by atoms with E-state index >= 15 is 0 Å². The zero-order chi connectivity index (χ0) is 10.2. The normalized spacial score (nSPS) is 29.9. The van der Waals surface area contributed by atoms with Crippen LogP contribution < -0.4 is 5.73 Å². The standard InChI is InChI=1S/C11H13NO2/c12-7-9-6-11(9,10(13)14)8-4-2-1-3-5-8/h1-5,9H,6-7,12H2,(H,13,14)/t9-,11?/m1/s1. The van der Waals surface area contributed by atoms with Crippen molar-refractivity contribution >= 4 is 5.97 Å². The molecule has 0 spiro atoms. The van der Waals surface area contributed by atoms with Crippen LogP contribution in [0.2, 0.25) is 0 Å². The number of hydrogen-bond acceptors (Lipinski definition) is 2. The van der Waals surface area contributed by atoms with Gasteiger partial charge >= 0.3 is 5.97 Å². The highest BCUT2D eigenvalue weighted by atomic mass is 16.4. The fraction of sp³-hybridized carbons (Fsp3) is 0.364. The SMILES string of the molecule is NC[C@H]1CC1(C(=O)O)c1ccccc1. The average molecular weight is 191 g/mol. The minimum absolute atomic E-state index is 0.0994. The van der Waals surface area contributed by atoms with E-state index in [4.69, 9.17) is 5.73 Å². The Balaban J connectivity index is 2.36. The van der Waals surface area contributed by atoms with Gasteiger partial charge in [0.05, 0.1) is 5.41 Å². The highest BCUT2D eigenvalue weighted by molar-refractivity contribution is 5.85. The number of hydrogen-bond donors (Lipinski definition) is 2. The molecule has 0 saturated heterocycles. The maximum Gasteiger partial charge on any atom is 0.314 e. The smallest absolute Gasteiger partial charge is 0.314 e. The summed E-state index contributed by atoms with van der Waals surface area (Å²) in [4.78, 5) is 11.2. The number of carboxylic acids is 1. The Labute approximate surface area is 82.5 Å². The quantitative estimate of drug-likeness (QED) is 0.748. The molecule has 0 aliphatic heterocycles. The molecular weight excluding hydrogens is 178 g/mol. The van der Waals surface area contributed by atoms with Crippen molar-refractivity contribution in [3.63, 3.8) is 0 Å². The third-order valence-electron chi connectivity index (χ3n) is 3.06. The maximum absolute atomic E-state index is 11.2. The monoisotopic (exact) mass is 191 g/mol. The lowest BCUT2D eigenvalue weighted by atomic mass is 9.93. The van der Waals surface area contributed by atoms with Gasteiger partial charge in [-0.05, 0) is 24.4 Å². The summed E-state index contributed by atoms with van der Waals surface area (Å²) >= 11 is 0. The molecule has 1 saturated carbocycles. The molecule has 3 nitrogen and oxygen atoms in total. The minimum atomic E-state index is -0.751. The van der Waals surface area contributed by atoms with Gasteiger partial charge in [-0.2, -0.15) is 0 Å². The van der Waals surface area contributed by atoms with Gasteiger partial charge < -0.3 is 10.8 Å². The van der Waals surface area contributed by atoms with Gasteiger partial charge in [0.15, 0.2) is 0 Å². The number of carboxylic acid groups (broad SMARTS) is 1. The van der Waals surface area contributed by atoms with Crippen LogP contribution in [-0.2, 0) is 10.2 Å². The summed E-state index contributed by atoms with van der Waals surface area (Å²) in [5.74, 6) is -0.651. The van der Waals surface area contributed by atoms with Crippen molar-refractivity contribution in [3.8, 4) is 0 Å². The van der Waals surface area contributed by atoms with Crippen molar-refractivity contribution < 1.29 is 9.90 Å². The van der Waals surface area contributed by atoms with Gasteiger partial charge in [0.1, 0.15) is 0 Å². The van der Waals surface area contributed by atoms with Gasteiger partial charge in [0.2, 0.25) is 0 Å². The molecule has 0 aromatic heterocycles. The van der Waals surface area contributed by atoms with E-state index in [1.807, 2.05) is 30.3 Å². The first kappa shape index (κ1) is 9.21. The van der Waals surface area contributed by atoms with Gasteiger partial charge in [0, 0.05) is 0 Å². The Kier molecular flexibility index (Phi) is 2.04. The van der Waals surface area contributed by atoms with Crippen molar-refractivity contribution in [1.29, 1.82) is 0 Å². The second kappa shape index (κ2) is 3.10. The van der Waals surface area contributed by atoms with Crippen LogP contribution in [-0.4, -0.2) is 17.6 Å². The Bertz CT molecular complexity index is 350. The highest BCUT2D eigenvalue weighted by Gasteiger charge is 2.60. The molecule has 0 radical (unpaired) electrons. The molecule has 1 unspecified atom stereocenters. The molecule has 1 aromatic carbocycles. The zero-order valence-electron chi connectivity index (χ0n) is 7.81. The van der Waals surface area contributed by atoms with E-state index in [0.717, 1.165) is 5.56 Å². The van der Waals surface area contributed by atoms with Gasteiger partial charge in [-0.3, -0.25) is 4.79 Å². The molecular formula is C11H13NO2. The Morgan fingerprint density at radius 3 is 2.57 bits per heavy atom. The fourth-order valence-electron chi connectivity index (χ4n) is 2.09. The van der Waals surface area contributed by atoms with Crippen LogP contribution in [0.3, 0.4) is 0 Å². The van der Waals surface area contributed by atoms with Crippen LogP contribution >= 0.6 is 0 Å². The molecule has 14 heavy (non-hydrogen) atoms. The molecule has 3 N–H and O–H groups in total. The summed E-state index contributed by atoms with van der Waals surface area (Å²) in [5.41, 5.74) is 5.70. The molecule has 74 valence electrons. The summed E-state index contributed by atoms with van der Waals surface area (Å²) in [6.45, 7) is 0.446. The lowest BCUT2D eigenvalue weighted by molar-refractivity contribution is -0.140. The van der Waals surface area contributed by atoms with Crippen LogP contribution in [0.5, 0.6) is 0 Å². The second-order valence-corrected chi connectivity index (χ2v) is 3.78. The van der Waals surface area contributed by atoms with E-state index in [2.05, 4.69) is 0 Å². The summed E-state index contributed by atoms with van der Waals surface area (Å²) in [6, 6.07) is 9.35. The molecule has 1 aliphatic rings. The first-order chi connectivity index (χ1) is 6.71. The summed E-state index contributed by atoms with van der Waals surface area (Å²) in [6.07, 6.45) is 0.669. The molecule has 0 amide bonds. The average Bonchev–Trinajstić information content (AvgIpc) is 2.94. The van der Waals surface area contributed by atoms with E-state index in [0.29, 0.717) is 13.0 Å². The van der Waals surface area contributed by atoms with E-state index < -0.39 is 11.4 Å². The lowest BCUT2D eigenvalue weighted by Gasteiger charge is -2.11. The minimum Gasteiger partial charge on any atom is -0.481 e. The summed E-state index contributed by atoms with van der Waals surface area (Å²) < 4.78 is 0. The summed E-state index contributed by atoms with van der Waals surface area (Å²) in [7, 11) is 0. The molecule has 1 fully saturated rings. The predicted octanol–water partition coefficient (Wildman–Crippen LogP) is 0.988. The maximum atomic E-state index is 11.2. The van der Waals surface area contributed by atoms with E-state index in [1.165, 1.54) is 0 Å². The Morgan fingerprint density at radius 2 is 2.14 bits per heavy atom. The van der Waals surface area contributed by atoms with Crippen LogP contribution in [0, 0.1) is 5.92 Å². The first-order valence-electron chi connectivity index (χ1n) is 4.71. The third kappa shape index (κ3) is 1.13. The Hall–Kier alpha value is -1.35. The number of nitrogens with two attached hydrogens (primary N) is 1. The number of carbonyl (C=O) groups is 1. The summed E-state index contributed by atoms with van der Waals surface area (Å²) in [5, 5.41) is 9.20. The van der Waals surface area contributed by atoms with Crippen LogP contribution in [0.25, 0.3) is 0 Å².